The van der Waals surface area contributed by atoms with Gasteiger partial charge in [0.15, 0.2) is 5.13 Å². The molecule has 0 spiro atoms. The van der Waals surface area contributed by atoms with Crippen LogP contribution >= 0.6 is 11.3 Å². The Hall–Kier alpha value is -3.14. The minimum absolute atomic E-state index is 0.0265. The van der Waals surface area contributed by atoms with Crippen LogP contribution in [0.1, 0.15) is 53.2 Å². The average molecular weight is 535 g/mol. The molecule has 4 aromatic rings. The van der Waals surface area contributed by atoms with Gasteiger partial charge in [-0.1, -0.05) is 23.8 Å². The molecule has 0 aliphatic carbocycles. The highest BCUT2D eigenvalue weighted by molar-refractivity contribution is 7.89. The number of rotatable bonds is 6. The second-order valence-corrected chi connectivity index (χ2v) is 12.5. The number of thiazole rings is 1. The molecular weight excluding hydrogens is 504 g/mol. The summed E-state index contributed by atoms with van der Waals surface area (Å²) < 4.78 is 29.1. The van der Waals surface area contributed by atoms with Crippen LogP contribution in [-0.2, 0) is 16.6 Å². The van der Waals surface area contributed by atoms with Crippen molar-refractivity contribution in [3.05, 3.63) is 83.2 Å². The van der Waals surface area contributed by atoms with Crippen LogP contribution in [0.5, 0.6) is 0 Å². The molecule has 2 aromatic carbocycles. The highest BCUT2D eigenvalue weighted by atomic mass is 32.2. The highest BCUT2D eigenvalue weighted by Gasteiger charge is 2.31. The van der Waals surface area contributed by atoms with Crippen molar-refractivity contribution in [3.8, 4) is 0 Å². The van der Waals surface area contributed by atoms with Crippen LogP contribution in [0, 0.1) is 13.8 Å². The summed E-state index contributed by atoms with van der Waals surface area (Å²) in [6, 6.07) is 14.1. The third-order valence-electron chi connectivity index (χ3n) is 6.98. The molecule has 1 aliphatic heterocycles. The number of nitrogens with zero attached hydrogens (tertiary/aromatic N) is 4. The van der Waals surface area contributed by atoms with Crippen molar-refractivity contribution in [2.24, 2.45) is 0 Å². The van der Waals surface area contributed by atoms with E-state index < -0.39 is 10.0 Å². The number of sulfonamides is 1. The van der Waals surface area contributed by atoms with E-state index in [0.717, 1.165) is 40.6 Å². The van der Waals surface area contributed by atoms with Gasteiger partial charge >= 0.3 is 0 Å². The fourth-order valence-corrected chi connectivity index (χ4v) is 7.42. The van der Waals surface area contributed by atoms with Crippen molar-refractivity contribution in [1.29, 1.82) is 0 Å². The lowest BCUT2D eigenvalue weighted by Gasteiger charge is -2.32. The maximum absolute atomic E-state index is 13.8. The Morgan fingerprint density at radius 3 is 2.57 bits per heavy atom. The first-order valence-electron chi connectivity index (χ1n) is 12.4. The largest absolute Gasteiger partial charge is 0.279 e. The number of carbonyl (C=O) groups is 1. The Kier molecular flexibility index (Phi) is 7.11. The molecule has 1 fully saturated rings. The number of aryl methyl sites for hydroxylation is 2. The molecule has 1 saturated heterocycles. The average Bonchev–Trinajstić information content (AvgIpc) is 3.30. The zero-order valence-corrected chi connectivity index (χ0v) is 22.8. The van der Waals surface area contributed by atoms with Gasteiger partial charge in [0.2, 0.25) is 10.0 Å². The number of carbonyl (C=O) groups excluding carboxylic acids is 1. The smallest absolute Gasteiger partial charge is 0.260 e. The maximum Gasteiger partial charge on any atom is 0.260 e. The molecule has 1 amide bonds. The first-order valence-corrected chi connectivity index (χ1v) is 14.7. The lowest BCUT2D eigenvalue weighted by atomic mass is 10.1. The van der Waals surface area contributed by atoms with Gasteiger partial charge in [-0.3, -0.25) is 14.7 Å². The number of aromatic nitrogens is 2. The molecule has 1 unspecified atom stereocenters. The van der Waals surface area contributed by atoms with Crippen molar-refractivity contribution in [2.75, 3.05) is 11.4 Å². The fraction of sp³-hybridized carbons (Fsp3) is 0.321. The van der Waals surface area contributed by atoms with E-state index in [1.807, 2.05) is 32.0 Å². The molecule has 192 valence electrons. The number of benzene rings is 2. The van der Waals surface area contributed by atoms with Crippen molar-refractivity contribution >= 4 is 42.6 Å². The van der Waals surface area contributed by atoms with Crippen molar-refractivity contribution < 1.29 is 13.2 Å². The fourth-order valence-electron chi connectivity index (χ4n) is 4.67. The summed E-state index contributed by atoms with van der Waals surface area (Å²) in [7, 11) is -3.61. The number of hydrogen-bond donors (Lipinski definition) is 0. The number of pyridine rings is 1. The zero-order valence-electron chi connectivity index (χ0n) is 21.2. The quantitative estimate of drug-likeness (QED) is 0.316. The Balaban J connectivity index is 1.48. The van der Waals surface area contributed by atoms with E-state index in [1.165, 1.54) is 29.0 Å². The van der Waals surface area contributed by atoms with Gasteiger partial charge in [0.25, 0.3) is 5.91 Å². The van der Waals surface area contributed by atoms with Gasteiger partial charge in [-0.2, -0.15) is 4.31 Å². The Bertz CT molecular complexity index is 1490. The van der Waals surface area contributed by atoms with E-state index in [-0.39, 0.29) is 16.8 Å². The lowest BCUT2D eigenvalue weighted by Crippen LogP contribution is -2.41. The summed E-state index contributed by atoms with van der Waals surface area (Å²) in [5.41, 5.74) is 4.45. The van der Waals surface area contributed by atoms with Crippen molar-refractivity contribution in [2.45, 2.75) is 57.5 Å². The first kappa shape index (κ1) is 25.5. The van der Waals surface area contributed by atoms with Crippen LogP contribution in [-0.4, -0.2) is 41.2 Å². The lowest BCUT2D eigenvalue weighted by molar-refractivity contribution is 0.0985. The predicted molar refractivity (Wildman–Crippen MR) is 147 cm³/mol. The van der Waals surface area contributed by atoms with Gasteiger partial charge in [0, 0.05) is 30.5 Å². The normalized spacial score (nSPS) is 16.7. The minimum atomic E-state index is -3.61. The summed E-state index contributed by atoms with van der Waals surface area (Å²) in [5.74, 6) is -0.244. The second-order valence-electron chi connectivity index (χ2n) is 9.64. The molecule has 0 saturated carbocycles. The van der Waals surface area contributed by atoms with E-state index in [1.54, 1.807) is 33.7 Å². The highest BCUT2D eigenvalue weighted by Crippen LogP contribution is 2.33. The molecule has 5 rings (SSSR count). The maximum atomic E-state index is 13.8. The standard InChI is InChI=1S/C28H30N4O3S2/c1-19-15-25-26(16-20(19)2)36-28(30-25)31(18-22-8-6-13-29-17-22)27(33)23-9-11-24(12-10-23)37(34,35)32-14-5-4-7-21(32)3/h6,8-13,15-17,21H,4-5,7,14,18H2,1-3H3. The van der Waals surface area contributed by atoms with Crippen LogP contribution in [0.4, 0.5) is 5.13 Å². The molecule has 1 atom stereocenters. The topological polar surface area (TPSA) is 83.5 Å². The van der Waals surface area contributed by atoms with E-state index >= 15 is 0 Å². The number of amides is 1. The van der Waals surface area contributed by atoms with E-state index in [0.29, 0.717) is 23.8 Å². The van der Waals surface area contributed by atoms with E-state index in [9.17, 15) is 13.2 Å². The van der Waals surface area contributed by atoms with Gasteiger partial charge in [-0.25, -0.2) is 13.4 Å². The third-order valence-corrected chi connectivity index (χ3v) is 10.1. The van der Waals surface area contributed by atoms with Gasteiger partial charge in [-0.05, 0) is 92.8 Å². The number of piperidine rings is 1. The molecule has 0 radical (unpaired) electrons. The Labute approximate surface area is 221 Å². The predicted octanol–water partition coefficient (Wildman–Crippen LogP) is 5.72. The minimum Gasteiger partial charge on any atom is -0.279 e. The molecule has 0 bridgehead atoms. The molecule has 37 heavy (non-hydrogen) atoms. The Morgan fingerprint density at radius 2 is 1.86 bits per heavy atom. The molecule has 0 N–H and O–H groups in total. The van der Waals surface area contributed by atoms with Gasteiger partial charge < -0.3 is 0 Å². The molecule has 1 aliphatic rings. The van der Waals surface area contributed by atoms with Gasteiger partial charge in [0.1, 0.15) is 0 Å². The molecule has 7 nitrogen and oxygen atoms in total. The van der Waals surface area contributed by atoms with Crippen LogP contribution in [0.15, 0.2) is 65.8 Å². The van der Waals surface area contributed by atoms with Gasteiger partial charge in [-0.15, -0.1) is 0 Å². The second kappa shape index (κ2) is 10.3. The van der Waals surface area contributed by atoms with Crippen LogP contribution < -0.4 is 4.90 Å². The van der Waals surface area contributed by atoms with E-state index in [4.69, 9.17) is 4.98 Å². The first-order chi connectivity index (χ1) is 17.7. The monoisotopic (exact) mass is 534 g/mol. The zero-order chi connectivity index (χ0) is 26.2. The third kappa shape index (κ3) is 5.16. The molecule has 3 heterocycles. The summed E-state index contributed by atoms with van der Waals surface area (Å²) >= 11 is 1.47. The number of anilines is 1. The van der Waals surface area contributed by atoms with E-state index in [2.05, 4.69) is 18.0 Å². The summed E-state index contributed by atoms with van der Waals surface area (Å²) in [6.07, 6.45) is 6.20. The van der Waals surface area contributed by atoms with Crippen molar-refractivity contribution in [3.63, 3.8) is 0 Å². The molecular formula is C28H30N4O3S2. The summed E-state index contributed by atoms with van der Waals surface area (Å²) in [5, 5.41) is 0.590. The van der Waals surface area contributed by atoms with Crippen LogP contribution in [0.25, 0.3) is 10.2 Å². The van der Waals surface area contributed by atoms with Crippen LogP contribution in [0.3, 0.4) is 0 Å². The summed E-state index contributed by atoms with van der Waals surface area (Å²) in [6.45, 7) is 6.89. The molecule has 2 aromatic heterocycles. The number of fused-ring (bicyclic) bond motifs is 1. The Morgan fingerprint density at radius 1 is 1.11 bits per heavy atom. The van der Waals surface area contributed by atoms with Gasteiger partial charge in [0.05, 0.1) is 21.7 Å². The van der Waals surface area contributed by atoms with Crippen LogP contribution in [0.2, 0.25) is 0 Å². The van der Waals surface area contributed by atoms with Crippen molar-refractivity contribution in [1.82, 2.24) is 14.3 Å². The SMILES string of the molecule is Cc1cc2nc(N(Cc3cccnc3)C(=O)c3ccc(S(=O)(=O)N4CCCCC4C)cc3)sc2cc1C. The number of hydrogen-bond acceptors (Lipinski definition) is 6. The molecule has 9 heteroatoms. The summed E-state index contributed by atoms with van der Waals surface area (Å²) in [4.78, 5) is 24.6.